The Labute approximate surface area is 195 Å². The second-order valence-electron chi connectivity index (χ2n) is 7.56. The molecule has 29 heavy (non-hydrogen) atoms. The van der Waals surface area contributed by atoms with Crippen molar-refractivity contribution < 1.29 is 0 Å². The number of benzene rings is 1. The number of aliphatic imine (C=N–C) groups is 1. The van der Waals surface area contributed by atoms with E-state index in [1.54, 1.807) is 0 Å². The van der Waals surface area contributed by atoms with E-state index in [-0.39, 0.29) is 24.0 Å². The maximum Gasteiger partial charge on any atom is 0.194 e. The van der Waals surface area contributed by atoms with Gasteiger partial charge in [-0.2, -0.15) is 0 Å². The zero-order chi connectivity index (χ0) is 19.2. The molecule has 1 aromatic carbocycles. The molecule has 0 spiro atoms. The van der Waals surface area contributed by atoms with Crippen LogP contribution in [0.1, 0.15) is 13.3 Å². The summed E-state index contributed by atoms with van der Waals surface area (Å²) in [5, 5.41) is 7.06. The first kappa shape index (κ1) is 22.2. The number of para-hydroxylation sites is 1. The Morgan fingerprint density at radius 1 is 1.03 bits per heavy atom. The quantitative estimate of drug-likeness (QED) is 0.364. The van der Waals surface area contributed by atoms with Crippen LogP contribution in [0.25, 0.3) is 0 Å². The fourth-order valence-electron chi connectivity index (χ4n) is 4.08. The first-order chi connectivity index (χ1) is 13.8. The third kappa shape index (κ3) is 5.78. The zero-order valence-corrected chi connectivity index (χ0v) is 20.3. The largest absolute Gasteiger partial charge is 0.371 e. The summed E-state index contributed by atoms with van der Waals surface area (Å²) in [7, 11) is 0. The molecule has 1 atom stereocenters. The number of hydrogen-bond donors (Lipinski definition) is 1. The Morgan fingerprint density at radius 2 is 1.83 bits per heavy atom. The van der Waals surface area contributed by atoms with Gasteiger partial charge in [-0.05, 0) is 48.9 Å². The standard InChI is InChI=1S/C22H31N5S.HI/c1-2-23-22(26-14-12-25(13-15-26)21-9-6-16-28-21)24-17-19-10-11-27(18-19)20-7-4-3-5-8-20;/h3-9,16,19H,2,10-15,17-18H2,1H3,(H,23,24);1H. The molecule has 2 saturated heterocycles. The van der Waals surface area contributed by atoms with Crippen LogP contribution < -0.4 is 15.1 Å². The van der Waals surface area contributed by atoms with Gasteiger partial charge in [0.25, 0.3) is 0 Å². The molecule has 0 saturated carbocycles. The topological polar surface area (TPSA) is 34.1 Å². The summed E-state index contributed by atoms with van der Waals surface area (Å²) in [6, 6.07) is 15.1. The lowest BCUT2D eigenvalue weighted by atomic mass is 10.1. The second-order valence-corrected chi connectivity index (χ2v) is 8.48. The molecule has 2 aliphatic rings. The van der Waals surface area contributed by atoms with Crippen LogP contribution in [0.4, 0.5) is 10.7 Å². The highest BCUT2D eigenvalue weighted by Crippen LogP contribution is 2.24. The molecule has 0 amide bonds. The smallest absolute Gasteiger partial charge is 0.194 e. The fraction of sp³-hybridized carbons (Fsp3) is 0.500. The summed E-state index contributed by atoms with van der Waals surface area (Å²) in [6.45, 7) is 10.4. The molecule has 0 bridgehead atoms. The van der Waals surface area contributed by atoms with Crippen LogP contribution in [0.15, 0.2) is 52.8 Å². The number of guanidine groups is 1. The second kappa shape index (κ2) is 11.1. The van der Waals surface area contributed by atoms with Crippen molar-refractivity contribution in [3.8, 4) is 0 Å². The van der Waals surface area contributed by atoms with Gasteiger partial charge in [0.2, 0.25) is 0 Å². The number of nitrogens with one attached hydrogen (secondary N) is 1. The third-order valence-electron chi connectivity index (χ3n) is 5.64. The Kier molecular flexibility index (Phi) is 8.47. The molecule has 5 nitrogen and oxygen atoms in total. The maximum absolute atomic E-state index is 5.02. The van der Waals surface area contributed by atoms with Gasteiger partial charge in [-0.25, -0.2) is 0 Å². The van der Waals surface area contributed by atoms with E-state index in [0.717, 1.165) is 58.3 Å². The van der Waals surface area contributed by atoms with Gasteiger partial charge in [-0.3, -0.25) is 4.99 Å². The SMILES string of the molecule is CCNC(=NCC1CCN(c2ccccc2)C1)N1CCN(c2cccs2)CC1.I. The summed E-state index contributed by atoms with van der Waals surface area (Å²) in [5.41, 5.74) is 1.34. The van der Waals surface area contributed by atoms with E-state index in [9.17, 15) is 0 Å². The van der Waals surface area contributed by atoms with Crippen molar-refractivity contribution in [1.82, 2.24) is 10.2 Å². The van der Waals surface area contributed by atoms with E-state index in [1.165, 1.54) is 17.1 Å². The number of hydrogen-bond acceptors (Lipinski definition) is 4. The lowest BCUT2D eigenvalue weighted by molar-refractivity contribution is 0.372. The number of anilines is 2. The van der Waals surface area contributed by atoms with Crippen LogP contribution in [-0.4, -0.2) is 63.2 Å². The highest BCUT2D eigenvalue weighted by Gasteiger charge is 2.24. The predicted molar refractivity (Wildman–Crippen MR) is 136 cm³/mol. The molecule has 158 valence electrons. The highest BCUT2D eigenvalue weighted by molar-refractivity contribution is 14.0. The summed E-state index contributed by atoms with van der Waals surface area (Å²) in [6.07, 6.45) is 1.23. The van der Waals surface area contributed by atoms with Gasteiger partial charge in [-0.15, -0.1) is 35.3 Å². The van der Waals surface area contributed by atoms with E-state index in [1.807, 2.05) is 11.3 Å². The Hall–Kier alpha value is -1.48. The highest BCUT2D eigenvalue weighted by atomic mass is 127. The van der Waals surface area contributed by atoms with Gasteiger partial charge in [0.15, 0.2) is 5.96 Å². The molecule has 2 aromatic rings. The van der Waals surface area contributed by atoms with Crippen LogP contribution in [0.5, 0.6) is 0 Å². The van der Waals surface area contributed by atoms with Crippen molar-refractivity contribution >= 4 is 52.0 Å². The van der Waals surface area contributed by atoms with Crippen LogP contribution in [0.3, 0.4) is 0 Å². The average Bonchev–Trinajstić information content (AvgIpc) is 3.44. The molecule has 0 aliphatic carbocycles. The van der Waals surface area contributed by atoms with Crippen LogP contribution >= 0.6 is 35.3 Å². The molecule has 7 heteroatoms. The predicted octanol–water partition coefficient (Wildman–Crippen LogP) is 3.98. The minimum Gasteiger partial charge on any atom is -0.371 e. The Bertz CT molecular complexity index is 744. The Morgan fingerprint density at radius 3 is 2.52 bits per heavy atom. The van der Waals surface area contributed by atoms with Gasteiger partial charge in [0, 0.05) is 58.0 Å². The monoisotopic (exact) mass is 525 g/mol. The lowest BCUT2D eigenvalue weighted by Crippen LogP contribution is -2.52. The minimum atomic E-state index is 0. The van der Waals surface area contributed by atoms with Gasteiger partial charge in [0.1, 0.15) is 0 Å². The third-order valence-corrected chi connectivity index (χ3v) is 6.57. The molecule has 0 radical (unpaired) electrons. The minimum absolute atomic E-state index is 0. The molecule has 1 N–H and O–H groups in total. The number of piperazine rings is 1. The summed E-state index contributed by atoms with van der Waals surface area (Å²) >= 11 is 1.83. The van der Waals surface area contributed by atoms with Crippen LogP contribution in [0.2, 0.25) is 0 Å². The molecule has 2 aliphatic heterocycles. The lowest BCUT2D eigenvalue weighted by Gasteiger charge is -2.37. The summed E-state index contributed by atoms with van der Waals surface area (Å²) < 4.78 is 0. The van der Waals surface area contributed by atoms with Crippen LogP contribution in [-0.2, 0) is 0 Å². The number of rotatable bonds is 5. The molecule has 3 heterocycles. The van der Waals surface area contributed by atoms with Crippen molar-refractivity contribution in [2.45, 2.75) is 13.3 Å². The van der Waals surface area contributed by atoms with Crippen molar-refractivity contribution in [2.24, 2.45) is 10.9 Å². The average molecular weight is 526 g/mol. The molecular weight excluding hydrogens is 493 g/mol. The van der Waals surface area contributed by atoms with E-state index in [4.69, 9.17) is 4.99 Å². The van der Waals surface area contributed by atoms with Crippen molar-refractivity contribution in [3.63, 3.8) is 0 Å². The zero-order valence-electron chi connectivity index (χ0n) is 17.2. The summed E-state index contributed by atoms with van der Waals surface area (Å²) in [5.74, 6) is 1.73. The molecule has 2 fully saturated rings. The van der Waals surface area contributed by atoms with Crippen LogP contribution in [0, 0.1) is 5.92 Å². The van der Waals surface area contributed by atoms with Gasteiger partial charge < -0.3 is 20.0 Å². The normalized spacial score (nSPS) is 20.0. The molecular formula is C22H32IN5S. The van der Waals surface area contributed by atoms with Crippen molar-refractivity contribution in [3.05, 3.63) is 47.8 Å². The Balaban J connectivity index is 0.00000240. The van der Waals surface area contributed by atoms with Crippen molar-refractivity contribution in [1.29, 1.82) is 0 Å². The van der Waals surface area contributed by atoms with E-state index in [2.05, 4.69) is 74.8 Å². The van der Waals surface area contributed by atoms with Gasteiger partial charge in [-0.1, -0.05) is 18.2 Å². The summed E-state index contributed by atoms with van der Waals surface area (Å²) in [4.78, 5) is 12.4. The van der Waals surface area contributed by atoms with Crippen molar-refractivity contribution in [2.75, 3.05) is 62.2 Å². The first-order valence-electron chi connectivity index (χ1n) is 10.4. The fourth-order valence-corrected chi connectivity index (χ4v) is 4.87. The number of nitrogens with zero attached hydrogens (tertiary/aromatic N) is 4. The number of thiophene rings is 1. The number of halogens is 1. The molecule has 1 unspecified atom stereocenters. The maximum atomic E-state index is 5.02. The van der Waals surface area contributed by atoms with E-state index in [0.29, 0.717) is 5.92 Å². The molecule has 1 aromatic heterocycles. The van der Waals surface area contributed by atoms with E-state index >= 15 is 0 Å². The molecule has 4 rings (SSSR count). The van der Waals surface area contributed by atoms with Gasteiger partial charge in [0.05, 0.1) is 5.00 Å². The van der Waals surface area contributed by atoms with E-state index < -0.39 is 0 Å². The first-order valence-corrected chi connectivity index (χ1v) is 11.3. The van der Waals surface area contributed by atoms with Gasteiger partial charge >= 0.3 is 0 Å².